The number of nitrogens with zero attached hydrogens (tertiary/aromatic N) is 3. The summed E-state index contributed by atoms with van der Waals surface area (Å²) < 4.78 is 13.6. The Bertz CT molecular complexity index is 698. The number of rotatable bonds is 1. The van der Waals surface area contributed by atoms with Gasteiger partial charge in [0.1, 0.15) is 9.98 Å². The Balaban J connectivity index is 2.28. The smallest absolute Gasteiger partial charge is 0.165 e. The predicted octanol–water partition coefficient (Wildman–Crippen LogP) is 3.55. The first-order chi connectivity index (χ1) is 8.25. The molecule has 0 aromatic carbocycles. The summed E-state index contributed by atoms with van der Waals surface area (Å²) in [6, 6.07) is 3.37. The quantitative estimate of drug-likeness (QED) is 0.632. The van der Waals surface area contributed by atoms with Crippen LogP contribution in [0.2, 0.25) is 5.15 Å². The second-order valence-corrected chi connectivity index (χ2v) is 4.59. The summed E-state index contributed by atoms with van der Waals surface area (Å²) in [5.74, 6) is -0.177. The Morgan fingerprint density at radius 1 is 1.24 bits per heavy atom. The molecule has 3 nitrogen and oxygen atoms in total. The van der Waals surface area contributed by atoms with Gasteiger partial charge in [0.15, 0.2) is 11.6 Å². The largest absolute Gasteiger partial charge is 0.262 e. The van der Waals surface area contributed by atoms with Crippen LogP contribution in [0.5, 0.6) is 0 Å². The first-order valence-electron chi connectivity index (χ1n) is 4.76. The van der Waals surface area contributed by atoms with Gasteiger partial charge in [-0.15, -0.1) is 11.3 Å². The van der Waals surface area contributed by atoms with Crippen molar-refractivity contribution in [3.8, 4) is 11.4 Å². The molecule has 0 amide bonds. The fraction of sp³-hybridized carbons (Fsp3) is 0. The molecule has 0 N–H and O–H groups in total. The maximum Gasteiger partial charge on any atom is 0.165 e. The lowest BCUT2D eigenvalue weighted by molar-refractivity contribution is 0.623. The molecule has 0 fully saturated rings. The van der Waals surface area contributed by atoms with Gasteiger partial charge in [-0.3, -0.25) is 4.98 Å². The van der Waals surface area contributed by atoms with Gasteiger partial charge in [0.25, 0.3) is 0 Å². The second-order valence-electron chi connectivity index (χ2n) is 3.33. The molecule has 3 heterocycles. The highest BCUT2D eigenvalue weighted by molar-refractivity contribution is 7.16. The van der Waals surface area contributed by atoms with Crippen LogP contribution in [0.15, 0.2) is 29.9 Å². The van der Waals surface area contributed by atoms with E-state index in [0.29, 0.717) is 10.7 Å². The fourth-order valence-electron chi connectivity index (χ4n) is 1.50. The van der Waals surface area contributed by atoms with Gasteiger partial charge in [-0.25, -0.2) is 14.4 Å². The summed E-state index contributed by atoms with van der Waals surface area (Å²) in [5.41, 5.74) is 0.303. The molecular formula is C11H5ClFN3S. The van der Waals surface area contributed by atoms with Crippen LogP contribution in [0, 0.1) is 5.82 Å². The zero-order valence-corrected chi connectivity index (χ0v) is 9.96. The van der Waals surface area contributed by atoms with Gasteiger partial charge in [0, 0.05) is 11.6 Å². The molecule has 0 aliphatic carbocycles. The van der Waals surface area contributed by atoms with Crippen LogP contribution < -0.4 is 0 Å². The number of hydrogen-bond donors (Lipinski definition) is 0. The molecule has 0 aliphatic heterocycles. The molecule has 3 aromatic rings. The molecule has 0 bridgehead atoms. The number of aromatic nitrogens is 3. The monoisotopic (exact) mass is 265 g/mol. The van der Waals surface area contributed by atoms with Crippen LogP contribution in [0.4, 0.5) is 4.39 Å². The van der Waals surface area contributed by atoms with E-state index in [0.717, 1.165) is 16.4 Å². The lowest BCUT2D eigenvalue weighted by atomic mass is 10.2. The number of fused-ring (bicyclic) bond motifs is 1. The van der Waals surface area contributed by atoms with E-state index in [2.05, 4.69) is 15.0 Å². The standard InChI is InChI=1S/C11H5ClFN3S/c12-9-7-2-4-17-11(7)16-10(15-9)6-1-3-14-5-8(6)13/h1-5H. The van der Waals surface area contributed by atoms with E-state index in [-0.39, 0.29) is 5.82 Å². The molecule has 0 unspecified atom stereocenters. The van der Waals surface area contributed by atoms with Crippen LogP contribution >= 0.6 is 22.9 Å². The predicted molar refractivity (Wildman–Crippen MR) is 65.6 cm³/mol. The minimum Gasteiger partial charge on any atom is -0.262 e. The molecule has 0 aliphatic rings. The number of halogens is 2. The lowest BCUT2D eigenvalue weighted by Gasteiger charge is -2.02. The van der Waals surface area contributed by atoms with Crippen molar-refractivity contribution in [2.45, 2.75) is 0 Å². The number of pyridine rings is 1. The highest BCUT2D eigenvalue weighted by atomic mass is 35.5. The minimum atomic E-state index is -0.459. The van der Waals surface area contributed by atoms with Crippen LogP contribution in [-0.2, 0) is 0 Å². The average molecular weight is 266 g/mol. The molecule has 0 radical (unpaired) electrons. The van der Waals surface area contributed by atoms with Gasteiger partial charge in [-0.2, -0.15) is 0 Å². The minimum absolute atomic E-state index is 0.282. The first-order valence-corrected chi connectivity index (χ1v) is 6.02. The molecule has 0 atom stereocenters. The summed E-state index contributed by atoms with van der Waals surface area (Å²) in [5, 5.41) is 3.00. The molecule has 0 saturated heterocycles. The number of thiophene rings is 1. The van der Waals surface area contributed by atoms with Crippen molar-refractivity contribution in [3.63, 3.8) is 0 Å². The van der Waals surface area contributed by atoms with Crippen LogP contribution in [0.3, 0.4) is 0 Å². The van der Waals surface area contributed by atoms with Gasteiger partial charge in [0.05, 0.1) is 11.8 Å². The summed E-state index contributed by atoms with van der Waals surface area (Å²) in [6.07, 6.45) is 2.62. The average Bonchev–Trinajstić information content (AvgIpc) is 2.78. The van der Waals surface area contributed by atoms with Crippen molar-refractivity contribution in [1.29, 1.82) is 0 Å². The van der Waals surface area contributed by atoms with Crippen molar-refractivity contribution in [1.82, 2.24) is 15.0 Å². The second kappa shape index (κ2) is 4.01. The fourth-order valence-corrected chi connectivity index (χ4v) is 2.55. The number of hydrogen-bond acceptors (Lipinski definition) is 4. The van der Waals surface area contributed by atoms with E-state index in [1.165, 1.54) is 23.6 Å². The van der Waals surface area contributed by atoms with E-state index >= 15 is 0 Å². The third kappa shape index (κ3) is 1.77. The Morgan fingerprint density at radius 3 is 2.94 bits per heavy atom. The molecule has 3 rings (SSSR count). The van der Waals surface area contributed by atoms with Gasteiger partial charge < -0.3 is 0 Å². The van der Waals surface area contributed by atoms with Crippen molar-refractivity contribution in [3.05, 3.63) is 40.9 Å². The van der Waals surface area contributed by atoms with Gasteiger partial charge in [-0.1, -0.05) is 11.6 Å². The van der Waals surface area contributed by atoms with E-state index < -0.39 is 5.82 Å². The topological polar surface area (TPSA) is 38.7 Å². The Hall–Kier alpha value is -1.59. The molecule has 0 saturated carbocycles. The van der Waals surface area contributed by atoms with Gasteiger partial charge in [0.2, 0.25) is 0 Å². The first kappa shape index (κ1) is 10.6. The van der Waals surface area contributed by atoms with Crippen molar-refractivity contribution in [2.75, 3.05) is 0 Å². The molecule has 17 heavy (non-hydrogen) atoms. The summed E-state index contributed by atoms with van der Waals surface area (Å²) in [7, 11) is 0. The Morgan fingerprint density at radius 2 is 2.12 bits per heavy atom. The molecule has 84 valence electrons. The molecule has 0 spiro atoms. The summed E-state index contributed by atoms with van der Waals surface area (Å²) in [6.45, 7) is 0. The van der Waals surface area contributed by atoms with Crippen LogP contribution in [-0.4, -0.2) is 15.0 Å². The van der Waals surface area contributed by atoms with Crippen LogP contribution in [0.25, 0.3) is 21.6 Å². The highest BCUT2D eigenvalue weighted by Crippen LogP contribution is 2.28. The summed E-state index contributed by atoms with van der Waals surface area (Å²) >= 11 is 7.47. The molecule has 3 aromatic heterocycles. The van der Waals surface area contributed by atoms with E-state index in [1.54, 1.807) is 0 Å². The molecular weight excluding hydrogens is 261 g/mol. The third-order valence-electron chi connectivity index (χ3n) is 2.29. The van der Waals surface area contributed by atoms with E-state index in [9.17, 15) is 4.39 Å². The van der Waals surface area contributed by atoms with Crippen LogP contribution in [0.1, 0.15) is 0 Å². The van der Waals surface area contributed by atoms with Crippen molar-refractivity contribution in [2.24, 2.45) is 0 Å². The normalized spacial score (nSPS) is 10.9. The van der Waals surface area contributed by atoms with Crippen molar-refractivity contribution >= 4 is 33.2 Å². The maximum atomic E-state index is 13.6. The third-order valence-corrected chi connectivity index (χ3v) is 3.39. The van der Waals surface area contributed by atoms with E-state index in [1.807, 2.05) is 11.4 Å². The van der Waals surface area contributed by atoms with Crippen molar-refractivity contribution < 1.29 is 4.39 Å². The zero-order valence-electron chi connectivity index (χ0n) is 8.39. The zero-order chi connectivity index (χ0) is 11.8. The van der Waals surface area contributed by atoms with E-state index in [4.69, 9.17) is 11.6 Å². The Kier molecular flexibility index (Phi) is 2.49. The van der Waals surface area contributed by atoms with Gasteiger partial charge in [-0.05, 0) is 17.5 Å². The summed E-state index contributed by atoms with van der Waals surface area (Å²) in [4.78, 5) is 12.8. The SMILES string of the molecule is Fc1cnccc1-c1nc(Cl)c2ccsc2n1. The maximum absolute atomic E-state index is 13.6. The molecule has 6 heteroatoms. The Labute approximate surface area is 105 Å². The lowest BCUT2D eigenvalue weighted by Crippen LogP contribution is -1.93. The highest BCUT2D eigenvalue weighted by Gasteiger charge is 2.12. The van der Waals surface area contributed by atoms with Gasteiger partial charge >= 0.3 is 0 Å².